The number of hydrogen-bond acceptors (Lipinski definition) is 4. The third-order valence-electron chi connectivity index (χ3n) is 3.49. The topological polar surface area (TPSA) is 68.9 Å². The van der Waals surface area contributed by atoms with Gasteiger partial charge in [-0.15, -0.1) is 0 Å². The summed E-state index contributed by atoms with van der Waals surface area (Å²) in [6.07, 6.45) is 6.78. The Morgan fingerprint density at radius 2 is 1.54 bits per heavy atom. The van der Waals surface area contributed by atoms with Gasteiger partial charge in [0.15, 0.2) is 0 Å². The summed E-state index contributed by atoms with van der Waals surface area (Å²) in [5.74, 6) is 0. The van der Waals surface area contributed by atoms with Gasteiger partial charge in [0.25, 0.3) is 5.69 Å². The first-order valence-corrected chi connectivity index (χ1v) is 7.91. The van der Waals surface area contributed by atoms with E-state index in [2.05, 4.69) is 38.0 Å². The molecule has 24 heavy (non-hydrogen) atoms. The van der Waals surface area contributed by atoms with Gasteiger partial charge < -0.3 is 0 Å². The summed E-state index contributed by atoms with van der Waals surface area (Å²) < 4.78 is 0.834. The fourth-order valence-corrected chi connectivity index (χ4v) is 2.80. The van der Waals surface area contributed by atoms with E-state index in [-0.39, 0.29) is 5.69 Å². The minimum Gasteiger partial charge on any atom is -0.264 e. The highest BCUT2D eigenvalue weighted by Gasteiger charge is 2.12. The van der Waals surface area contributed by atoms with Gasteiger partial charge in [-0.05, 0) is 29.0 Å². The van der Waals surface area contributed by atoms with Crippen molar-refractivity contribution in [1.29, 1.82) is 0 Å². The van der Waals surface area contributed by atoms with E-state index in [4.69, 9.17) is 0 Å². The van der Waals surface area contributed by atoms with E-state index in [1.54, 1.807) is 18.3 Å². The summed E-state index contributed by atoms with van der Waals surface area (Å²) in [7, 11) is 0. The lowest BCUT2D eigenvalue weighted by Crippen LogP contribution is -1.90. The number of halogens is 1. The van der Waals surface area contributed by atoms with Gasteiger partial charge in [0.1, 0.15) is 0 Å². The molecule has 6 heteroatoms. The van der Waals surface area contributed by atoms with Crippen molar-refractivity contribution in [2.24, 2.45) is 0 Å². The molecular weight excluding hydrogens is 370 g/mol. The maximum atomic E-state index is 10.7. The SMILES string of the molecule is O=[N+]([O-])c1ccc(Br)c2ccncc12.c1ccc2cnccc2c1. The standard InChI is InChI=1S/C9H5BrN2O2.C9H7N/c10-8-1-2-9(12(13)14)7-5-11-4-3-6(7)8;1-2-4-9-7-10-6-5-8(9)3-1/h1-5H;1-7H. The van der Waals surface area contributed by atoms with Gasteiger partial charge in [-0.2, -0.15) is 0 Å². The average Bonchev–Trinajstić information content (AvgIpc) is 2.63. The second-order valence-corrected chi connectivity index (χ2v) is 5.82. The molecule has 2 aromatic carbocycles. The monoisotopic (exact) mass is 381 g/mol. The second kappa shape index (κ2) is 7.14. The van der Waals surface area contributed by atoms with Crippen molar-refractivity contribution in [2.45, 2.75) is 0 Å². The van der Waals surface area contributed by atoms with Crippen molar-refractivity contribution in [3.63, 3.8) is 0 Å². The highest BCUT2D eigenvalue weighted by molar-refractivity contribution is 9.10. The van der Waals surface area contributed by atoms with Crippen LogP contribution in [0.5, 0.6) is 0 Å². The number of aromatic nitrogens is 2. The number of pyridine rings is 2. The van der Waals surface area contributed by atoms with Crippen molar-refractivity contribution in [2.75, 3.05) is 0 Å². The molecule has 0 aliphatic carbocycles. The third kappa shape index (κ3) is 3.38. The van der Waals surface area contributed by atoms with Crippen molar-refractivity contribution in [3.8, 4) is 0 Å². The lowest BCUT2D eigenvalue weighted by molar-refractivity contribution is -0.383. The highest BCUT2D eigenvalue weighted by Crippen LogP contribution is 2.30. The van der Waals surface area contributed by atoms with Crippen LogP contribution in [-0.4, -0.2) is 14.9 Å². The number of non-ortho nitro benzene ring substituents is 1. The molecular formula is C18H12BrN3O2. The quantitative estimate of drug-likeness (QED) is 0.338. The van der Waals surface area contributed by atoms with E-state index in [1.807, 2.05) is 30.6 Å². The minimum atomic E-state index is -0.406. The van der Waals surface area contributed by atoms with Gasteiger partial charge in [-0.25, -0.2) is 0 Å². The molecule has 0 unspecified atom stereocenters. The minimum absolute atomic E-state index is 0.0799. The molecule has 0 atom stereocenters. The number of nitro groups is 1. The molecule has 4 rings (SSSR count). The highest BCUT2D eigenvalue weighted by atomic mass is 79.9. The molecule has 0 bridgehead atoms. The van der Waals surface area contributed by atoms with Gasteiger partial charge in [0, 0.05) is 40.7 Å². The lowest BCUT2D eigenvalue weighted by Gasteiger charge is -2.00. The molecule has 0 aliphatic rings. The molecule has 118 valence electrons. The molecule has 0 saturated heterocycles. The first kappa shape index (κ1) is 16.0. The lowest BCUT2D eigenvalue weighted by atomic mass is 10.1. The largest absolute Gasteiger partial charge is 0.278 e. The zero-order valence-corrected chi connectivity index (χ0v) is 14.1. The van der Waals surface area contributed by atoms with Crippen molar-refractivity contribution >= 4 is 43.2 Å². The molecule has 0 N–H and O–H groups in total. The Balaban J connectivity index is 0.000000149. The second-order valence-electron chi connectivity index (χ2n) is 4.97. The summed E-state index contributed by atoms with van der Waals surface area (Å²) in [4.78, 5) is 18.2. The molecule has 0 fully saturated rings. The molecule has 0 radical (unpaired) electrons. The van der Waals surface area contributed by atoms with E-state index < -0.39 is 4.92 Å². The van der Waals surface area contributed by atoms with Crippen LogP contribution in [0.3, 0.4) is 0 Å². The number of hydrogen-bond donors (Lipinski definition) is 0. The summed E-state index contributed by atoms with van der Waals surface area (Å²) in [5, 5.41) is 14.5. The van der Waals surface area contributed by atoms with E-state index >= 15 is 0 Å². The molecule has 0 aliphatic heterocycles. The molecule has 2 heterocycles. The van der Waals surface area contributed by atoms with Gasteiger partial charge in [0.2, 0.25) is 0 Å². The van der Waals surface area contributed by atoms with Crippen LogP contribution in [0, 0.1) is 10.1 Å². The van der Waals surface area contributed by atoms with E-state index in [0.29, 0.717) is 5.39 Å². The fraction of sp³-hybridized carbons (Fsp3) is 0. The van der Waals surface area contributed by atoms with Crippen LogP contribution in [-0.2, 0) is 0 Å². The smallest absolute Gasteiger partial charge is 0.264 e. The average molecular weight is 382 g/mol. The van der Waals surface area contributed by atoms with Gasteiger partial charge in [-0.3, -0.25) is 20.1 Å². The molecule has 0 amide bonds. The van der Waals surface area contributed by atoms with Crippen molar-refractivity contribution in [3.05, 3.63) is 87.9 Å². The van der Waals surface area contributed by atoms with Crippen LogP contribution >= 0.6 is 15.9 Å². The van der Waals surface area contributed by atoms with Crippen LogP contribution in [0.15, 0.2) is 77.8 Å². The predicted octanol–water partition coefficient (Wildman–Crippen LogP) is 5.14. The van der Waals surface area contributed by atoms with Crippen LogP contribution in [0.25, 0.3) is 21.5 Å². The van der Waals surface area contributed by atoms with E-state index in [0.717, 1.165) is 9.86 Å². The number of rotatable bonds is 1. The zero-order chi connectivity index (χ0) is 16.9. The van der Waals surface area contributed by atoms with Gasteiger partial charge in [-0.1, -0.05) is 40.2 Å². The fourth-order valence-electron chi connectivity index (χ4n) is 2.32. The summed E-state index contributed by atoms with van der Waals surface area (Å²) >= 11 is 3.33. The van der Waals surface area contributed by atoms with Crippen molar-refractivity contribution < 1.29 is 4.92 Å². The first-order chi connectivity index (χ1) is 11.7. The Morgan fingerprint density at radius 1 is 0.833 bits per heavy atom. The Labute approximate surface area is 146 Å². The Hall–Kier alpha value is -2.86. The molecule has 2 aromatic heterocycles. The zero-order valence-electron chi connectivity index (χ0n) is 12.5. The van der Waals surface area contributed by atoms with Crippen LogP contribution < -0.4 is 0 Å². The van der Waals surface area contributed by atoms with Gasteiger partial charge >= 0.3 is 0 Å². The third-order valence-corrected chi connectivity index (χ3v) is 4.18. The molecule has 0 saturated carbocycles. The maximum Gasteiger partial charge on any atom is 0.278 e. The van der Waals surface area contributed by atoms with Gasteiger partial charge in [0.05, 0.1) is 10.3 Å². The van der Waals surface area contributed by atoms with Crippen LogP contribution in [0.4, 0.5) is 5.69 Å². The molecule has 5 nitrogen and oxygen atoms in total. The summed E-state index contributed by atoms with van der Waals surface area (Å²) in [5.41, 5.74) is 0.0799. The number of fused-ring (bicyclic) bond motifs is 2. The number of nitrogens with zero attached hydrogens (tertiary/aromatic N) is 3. The Kier molecular flexibility index (Phi) is 4.77. The Bertz CT molecular complexity index is 956. The number of benzene rings is 2. The van der Waals surface area contributed by atoms with Crippen LogP contribution in [0.2, 0.25) is 0 Å². The van der Waals surface area contributed by atoms with E-state index in [9.17, 15) is 10.1 Å². The maximum absolute atomic E-state index is 10.7. The first-order valence-electron chi connectivity index (χ1n) is 7.12. The Morgan fingerprint density at radius 3 is 2.29 bits per heavy atom. The summed E-state index contributed by atoms with van der Waals surface area (Å²) in [6, 6.07) is 15.1. The molecule has 4 aromatic rings. The predicted molar refractivity (Wildman–Crippen MR) is 97.8 cm³/mol. The summed E-state index contributed by atoms with van der Waals surface area (Å²) in [6.45, 7) is 0. The van der Waals surface area contributed by atoms with E-state index in [1.165, 1.54) is 23.0 Å². The molecule has 0 spiro atoms. The van der Waals surface area contributed by atoms with Crippen molar-refractivity contribution in [1.82, 2.24) is 9.97 Å². The number of nitro benzene ring substituents is 1. The normalized spacial score (nSPS) is 10.2. The van der Waals surface area contributed by atoms with Crippen LogP contribution in [0.1, 0.15) is 0 Å².